The molecule has 0 spiro atoms. The number of carbonyl (C=O) groups is 1. The van der Waals surface area contributed by atoms with E-state index in [9.17, 15) is 17.6 Å². The lowest BCUT2D eigenvalue weighted by Gasteiger charge is -2.28. The maximum atomic E-state index is 13.2. The van der Waals surface area contributed by atoms with Crippen molar-refractivity contribution in [1.29, 1.82) is 0 Å². The standard InChI is InChI=1S/C22H17Cl2FN2O3S/c23-19-7-6-17(12-18(19)22(28)26-21-8-5-16(25)11-20(21)24)31(29,30)27-10-9-14-3-1-2-4-15(14)13-27/h1-8,11-12H,9-10,13H2,(H,26,28). The van der Waals surface area contributed by atoms with E-state index in [1.54, 1.807) is 0 Å². The summed E-state index contributed by atoms with van der Waals surface area (Å²) in [4.78, 5) is 12.7. The molecular formula is C22H17Cl2FN2O3S. The van der Waals surface area contributed by atoms with Gasteiger partial charge in [0.1, 0.15) is 5.82 Å². The van der Waals surface area contributed by atoms with E-state index >= 15 is 0 Å². The fourth-order valence-corrected chi connectivity index (χ4v) is 5.31. The van der Waals surface area contributed by atoms with E-state index in [0.717, 1.165) is 23.3 Å². The fraction of sp³-hybridized carbons (Fsp3) is 0.136. The summed E-state index contributed by atoms with van der Waals surface area (Å²) in [6, 6.07) is 15.2. The van der Waals surface area contributed by atoms with Gasteiger partial charge in [0.05, 0.1) is 26.2 Å². The summed E-state index contributed by atoms with van der Waals surface area (Å²) in [5, 5.41) is 2.63. The Hall–Kier alpha value is -2.45. The maximum absolute atomic E-state index is 13.2. The molecule has 0 bridgehead atoms. The second-order valence-electron chi connectivity index (χ2n) is 7.08. The number of rotatable bonds is 4. The van der Waals surface area contributed by atoms with E-state index in [-0.39, 0.29) is 32.7 Å². The van der Waals surface area contributed by atoms with E-state index in [0.29, 0.717) is 13.0 Å². The number of amides is 1. The summed E-state index contributed by atoms with van der Waals surface area (Å²) in [6.07, 6.45) is 0.611. The van der Waals surface area contributed by atoms with Crippen LogP contribution in [0.15, 0.2) is 65.6 Å². The van der Waals surface area contributed by atoms with E-state index < -0.39 is 21.7 Å². The van der Waals surface area contributed by atoms with Crippen molar-refractivity contribution in [2.24, 2.45) is 0 Å². The van der Waals surface area contributed by atoms with Crippen molar-refractivity contribution < 1.29 is 17.6 Å². The van der Waals surface area contributed by atoms with Crippen LogP contribution in [0.2, 0.25) is 10.0 Å². The third-order valence-corrected chi connectivity index (χ3v) is 7.58. The molecule has 0 fully saturated rings. The smallest absolute Gasteiger partial charge is 0.257 e. The van der Waals surface area contributed by atoms with E-state index in [1.165, 1.54) is 28.6 Å². The third-order valence-electron chi connectivity index (χ3n) is 5.10. The van der Waals surface area contributed by atoms with Crippen LogP contribution in [-0.2, 0) is 23.0 Å². The molecule has 1 aliphatic rings. The van der Waals surface area contributed by atoms with Crippen LogP contribution in [0.1, 0.15) is 21.5 Å². The number of hydrogen-bond acceptors (Lipinski definition) is 3. The van der Waals surface area contributed by atoms with Gasteiger partial charge in [0, 0.05) is 13.1 Å². The Morgan fingerprint density at radius 1 is 0.968 bits per heavy atom. The van der Waals surface area contributed by atoms with Crippen LogP contribution in [0.4, 0.5) is 10.1 Å². The van der Waals surface area contributed by atoms with Crippen molar-refractivity contribution in [3.8, 4) is 0 Å². The lowest BCUT2D eigenvalue weighted by molar-refractivity contribution is 0.102. The molecule has 9 heteroatoms. The van der Waals surface area contributed by atoms with Crippen molar-refractivity contribution in [1.82, 2.24) is 4.31 Å². The van der Waals surface area contributed by atoms with Crippen LogP contribution in [-0.4, -0.2) is 25.2 Å². The summed E-state index contributed by atoms with van der Waals surface area (Å²) < 4.78 is 41.1. The highest BCUT2D eigenvalue weighted by molar-refractivity contribution is 7.89. The fourth-order valence-electron chi connectivity index (χ4n) is 3.44. The maximum Gasteiger partial charge on any atom is 0.257 e. The molecule has 4 rings (SSSR count). The van der Waals surface area contributed by atoms with Crippen LogP contribution in [0, 0.1) is 5.82 Å². The molecule has 3 aromatic rings. The third kappa shape index (κ3) is 4.45. The molecule has 31 heavy (non-hydrogen) atoms. The number of carbonyl (C=O) groups excluding carboxylic acids is 1. The van der Waals surface area contributed by atoms with Gasteiger partial charge in [-0.15, -0.1) is 0 Å². The van der Waals surface area contributed by atoms with Crippen LogP contribution in [0.25, 0.3) is 0 Å². The predicted molar refractivity (Wildman–Crippen MR) is 119 cm³/mol. The molecule has 0 atom stereocenters. The zero-order chi connectivity index (χ0) is 22.2. The topological polar surface area (TPSA) is 66.5 Å². The number of nitrogens with zero attached hydrogens (tertiary/aromatic N) is 1. The Morgan fingerprint density at radius 3 is 2.45 bits per heavy atom. The highest BCUT2D eigenvalue weighted by atomic mass is 35.5. The minimum atomic E-state index is -3.85. The first kappa shape index (κ1) is 21.8. The SMILES string of the molecule is O=C(Nc1ccc(F)cc1Cl)c1cc(S(=O)(=O)N2CCc3ccccc3C2)ccc1Cl. The minimum absolute atomic E-state index is 0.0141. The predicted octanol–water partition coefficient (Wildman–Crippen LogP) is 5.13. The molecule has 160 valence electrons. The first-order valence-corrected chi connectivity index (χ1v) is 11.6. The van der Waals surface area contributed by atoms with Gasteiger partial charge in [-0.2, -0.15) is 4.31 Å². The van der Waals surface area contributed by atoms with Crippen LogP contribution in [0.3, 0.4) is 0 Å². The van der Waals surface area contributed by atoms with Gasteiger partial charge >= 0.3 is 0 Å². The summed E-state index contributed by atoms with van der Waals surface area (Å²) in [7, 11) is -3.85. The van der Waals surface area contributed by atoms with Crippen molar-refractivity contribution in [2.75, 3.05) is 11.9 Å². The van der Waals surface area contributed by atoms with Crippen LogP contribution < -0.4 is 5.32 Å². The van der Waals surface area contributed by atoms with Gasteiger partial charge in [-0.3, -0.25) is 4.79 Å². The Kier molecular flexibility index (Phi) is 6.03. The average Bonchev–Trinajstić information content (AvgIpc) is 2.75. The molecule has 1 N–H and O–H groups in total. The Labute approximate surface area is 189 Å². The summed E-state index contributed by atoms with van der Waals surface area (Å²) in [6.45, 7) is 0.600. The highest BCUT2D eigenvalue weighted by Gasteiger charge is 2.29. The summed E-state index contributed by atoms with van der Waals surface area (Å²) in [5.41, 5.74) is 2.24. The number of nitrogens with one attached hydrogen (secondary N) is 1. The van der Waals surface area contributed by atoms with Crippen LogP contribution in [0.5, 0.6) is 0 Å². The second-order valence-corrected chi connectivity index (χ2v) is 9.83. The first-order valence-electron chi connectivity index (χ1n) is 9.38. The molecule has 0 aromatic heterocycles. The van der Waals surface area contributed by atoms with Crippen molar-refractivity contribution in [3.63, 3.8) is 0 Å². The van der Waals surface area contributed by atoms with Gasteiger partial charge in [0.2, 0.25) is 10.0 Å². The molecule has 0 radical (unpaired) electrons. The molecule has 0 saturated heterocycles. The van der Waals surface area contributed by atoms with Gasteiger partial charge in [0.25, 0.3) is 5.91 Å². The molecule has 1 heterocycles. The number of halogens is 3. The summed E-state index contributed by atoms with van der Waals surface area (Å²) >= 11 is 12.1. The van der Waals surface area contributed by atoms with Gasteiger partial charge in [-0.25, -0.2) is 12.8 Å². The molecular weight excluding hydrogens is 462 g/mol. The van der Waals surface area contributed by atoms with Gasteiger partial charge in [-0.1, -0.05) is 47.5 Å². The zero-order valence-electron chi connectivity index (χ0n) is 16.1. The minimum Gasteiger partial charge on any atom is -0.321 e. The van der Waals surface area contributed by atoms with Gasteiger partial charge in [-0.05, 0) is 53.9 Å². The van der Waals surface area contributed by atoms with Crippen molar-refractivity contribution in [2.45, 2.75) is 17.9 Å². The highest BCUT2D eigenvalue weighted by Crippen LogP contribution is 2.29. The van der Waals surface area contributed by atoms with Gasteiger partial charge < -0.3 is 5.32 Å². The molecule has 3 aromatic carbocycles. The first-order chi connectivity index (χ1) is 14.8. The number of sulfonamides is 1. The van der Waals surface area contributed by atoms with E-state index in [1.807, 2.05) is 24.3 Å². The Balaban J connectivity index is 1.62. The van der Waals surface area contributed by atoms with Crippen LogP contribution >= 0.6 is 23.2 Å². The molecule has 1 amide bonds. The summed E-state index contributed by atoms with van der Waals surface area (Å²) in [5.74, 6) is -1.20. The lowest BCUT2D eigenvalue weighted by atomic mass is 10.0. The zero-order valence-corrected chi connectivity index (χ0v) is 18.4. The van der Waals surface area contributed by atoms with Gasteiger partial charge in [0.15, 0.2) is 0 Å². The largest absolute Gasteiger partial charge is 0.321 e. The van der Waals surface area contributed by atoms with E-state index in [2.05, 4.69) is 5.32 Å². The van der Waals surface area contributed by atoms with Crippen molar-refractivity contribution in [3.05, 3.63) is 93.2 Å². The number of hydrogen-bond donors (Lipinski definition) is 1. The number of fused-ring (bicyclic) bond motifs is 1. The molecule has 0 aliphatic carbocycles. The molecule has 0 unspecified atom stereocenters. The second kappa shape index (κ2) is 8.59. The number of anilines is 1. The molecule has 5 nitrogen and oxygen atoms in total. The Bertz CT molecular complexity index is 1280. The van der Waals surface area contributed by atoms with Crippen molar-refractivity contribution >= 4 is 44.8 Å². The lowest BCUT2D eigenvalue weighted by Crippen LogP contribution is -2.36. The molecule has 0 saturated carbocycles. The van der Waals surface area contributed by atoms with E-state index in [4.69, 9.17) is 23.2 Å². The quantitative estimate of drug-likeness (QED) is 0.564. The Morgan fingerprint density at radius 2 is 1.71 bits per heavy atom. The monoisotopic (exact) mass is 478 g/mol. The average molecular weight is 479 g/mol. The normalized spacial score (nSPS) is 14.2. The molecule has 1 aliphatic heterocycles. The number of benzene rings is 3.